The van der Waals surface area contributed by atoms with Gasteiger partial charge < -0.3 is 4.90 Å². The Morgan fingerprint density at radius 3 is 2.92 bits per heavy atom. The fraction of sp³-hybridized carbons (Fsp3) is 0.500. The molecule has 1 aromatic heterocycles. The summed E-state index contributed by atoms with van der Waals surface area (Å²) in [5.74, 6) is 0. The Balaban J connectivity index is 2.64. The van der Waals surface area contributed by atoms with Gasteiger partial charge in [-0.1, -0.05) is 0 Å². The molecule has 4 nitrogen and oxygen atoms in total. The van der Waals surface area contributed by atoms with Crippen molar-refractivity contribution in [3.63, 3.8) is 0 Å². The average molecular weight is 167 g/mol. The number of nitrogens with zero attached hydrogens (tertiary/aromatic N) is 3. The zero-order chi connectivity index (χ0) is 8.97. The lowest BCUT2D eigenvalue weighted by atomic mass is 10.5. The summed E-state index contributed by atoms with van der Waals surface area (Å²) in [7, 11) is 3.95. The summed E-state index contributed by atoms with van der Waals surface area (Å²) in [6.45, 7) is 1.55. The molecule has 0 spiro atoms. The van der Waals surface area contributed by atoms with Crippen molar-refractivity contribution in [3.8, 4) is 0 Å². The Bertz CT molecular complexity index is 292. The molecule has 66 valence electrons. The van der Waals surface area contributed by atoms with Gasteiger partial charge in [0.15, 0.2) is 0 Å². The van der Waals surface area contributed by atoms with E-state index in [-0.39, 0.29) is 5.56 Å². The molecule has 0 atom stereocenters. The third-order valence-electron chi connectivity index (χ3n) is 1.58. The van der Waals surface area contributed by atoms with Gasteiger partial charge in [-0.05, 0) is 14.1 Å². The van der Waals surface area contributed by atoms with E-state index >= 15 is 0 Å². The third kappa shape index (κ3) is 2.47. The molecule has 1 aromatic rings. The number of rotatable bonds is 3. The molecule has 0 unspecified atom stereocenters. The maximum Gasteiger partial charge on any atom is 0.253 e. The Kier molecular flexibility index (Phi) is 2.99. The number of aromatic nitrogens is 2. The molecule has 0 aromatic carbocycles. The van der Waals surface area contributed by atoms with Crippen LogP contribution in [0.2, 0.25) is 0 Å². The highest BCUT2D eigenvalue weighted by molar-refractivity contribution is 4.81. The highest BCUT2D eigenvalue weighted by Crippen LogP contribution is 1.80. The van der Waals surface area contributed by atoms with Crippen LogP contribution >= 0.6 is 0 Å². The summed E-state index contributed by atoms with van der Waals surface area (Å²) in [6.07, 6.45) is 3.07. The second kappa shape index (κ2) is 4.01. The Hall–Kier alpha value is -1.16. The van der Waals surface area contributed by atoms with Crippen molar-refractivity contribution < 1.29 is 0 Å². The van der Waals surface area contributed by atoms with Gasteiger partial charge in [-0.2, -0.15) is 0 Å². The molecule has 0 fully saturated rings. The van der Waals surface area contributed by atoms with E-state index in [1.165, 1.54) is 12.3 Å². The molecule has 0 saturated heterocycles. The van der Waals surface area contributed by atoms with Crippen LogP contribution in [0.5, 0.6) is 0 Å². The van der Waals surface area contributed by atoms with E-state index in [1.807, 2.05) is 19.0 Å². The van der Waals surface area contributed by atoms with Gasteiger partial charge in [0.05, 0.1) is 6.33 Å². The molecular formula is C8H13N3O. The molecule has 0 saturated carbocycles. The van der Waals surface area contributed by atoms with Crippen molar-refractivity contribution in [1.82, 2.24) is 14.5 Å². The van der Waals surface area contributed by atoms with Crippen molar-refractivity contribution in [1.29, 1.82) is 0 Å². The summed E-state index contributed by atoms with van der Waals surface area (Å²) in [6, 6.07) is 1.47. The minimum atomic E-state index is 0.00634. The van der Waals surface area contributed by atoms with E-state index < -0.39 is 0 Å². The van der Waals surface area contributed by atoms with Crippen LogP contribution in [0.25, 0.3) is 0 Å². The van der Waals surface area contributed by atoms with Crippen molar-refractivity contribution in [3.05, 3.63) is 28.9 Å². The highest BCUT2D eigenvalue weighted by Gasteiger charge is 1.94. The van der Waals surface area contributed by atoms with E-state index in [9.17, 15) is 4.79 Å². The SMILES string of the molecule is CN(C)CCn1cnccc1=O. The first-order valence-electron chi connectivity index (χ1n) is 3.85. The van der Waals surface area contributed by atoms with E-state index in [4.69, 9.17) is 0 Å². The first-order chi connectivity index (χ1) is 5.70. The van der Waals surface area contributed by atoms with E-state index in [0.717, 1.165) is 6.54 Å². The zero-order valence-electron chi connectivity index (χ0n) is 7.40. The second-order valence-corrected chi connectivity index (χ2v) is 2.92. The van der Waals surface area contributed by atoms with Crippen molar-refractivity contribution in [2.45, 2.75) is 6.54 Å². The fourth-order valence-corrected chi connectivity index (χ4v) is 0.854. The lowest BCUT2D eigenvalue weighted by molar-refractivity contribution is 0.379. The van der Waals surface area contributed by atoms with Gasteiger partial charge in [0.2, 0.25) is 0 Å². The van der Waals surface area contributed by atoms with Crippen LogP contribution in [0.1, 0.15) is 0 Å². The molecule has 0 aliphatic heterocycles. The van der Waals surface area contributed by atoms with Gasteiger partial charge in [0.1, 0.15) is 0 Å². The standard InChI is InChI=1S/C8H13N3O/c1-10(2)5-6-11-7-9-4-3-8(11)12/h3-4,7H,5-6H2,1-2H3. The maximum atomic E-state index is 11.1. The van der Waals surface area contributed by atoms with Crippen LogP contribution in [-0.4, -0.2) is 35.1 Å². The maximum absolute atomic E-state index is 11.1. The van der Waals surface area contributed by atoms with Gasteiger partial charge in [-0.3, -0.25) is 9.36 Å². The molecule has 12 heavy (non-hydrogen) atoms. The average Bonchev–Trinajstić information content (AvgIpc) is 2.03. The fourth-order valence-electron chi connectivity index (χ4n) is 0.854. The Labute approximate surface area is 71.5 Å². The molecule has 0 N–H and O–H groups in total. The molecule has 0 bridgehead atoms. The summed E-state index contributed by atoms with van der Waals surface area (Å²) < 4.78 is 1.60. The quantitative estimate of drug-likeness (QED) is 0.626. The normalized spacial score (nSPS) is 10.6. The Morgan fingerprint density at radius 2 is 2.33 bits per heavy atom. The van der Waals surface area contributed by atoms with Crippen LogP contribution in [0.15, 0.2) is 23.4 Å². The van der Waals surface area contributed by atoms with Gasteiger partial charge >= 0.3 is 0 Å². The molecule has 1 heterocycles. The van der Waals surface area contributed by atoms with Crippen molar-refractivity contribution in [2.24, 2.45) is 0 Å². The number of hydrogen-bond acceptors (Lipinski definition) is 3. The van der Waals surface area contributed by atoms with E-state index in [1.54, 1.807) is 10.9 Å². The molecule has 0 radical (unpaired) electrons. The summed E-state index contributed by atoms with van der Waals surface area (Å²) in [4.78, 5) is 17.0. The predicted molar refractivity (Wildman–Crippen MR) is 47.1 cm³/mol. The number of likely N-dealkylation sites (N-methyl/N-ethyl adjacent to an activating group) is 1. The van der Waals surface area contributed by atoms with Crippen LogP contribution in [0.3, 0.4) is 0 Å². The van der Waals surface area contributed by atoms with Gasteiger partial charge in [0.25, 0.3) is 5.56 Å². The van der Waals surface area contributed by atoms with Crippen LogP contribution in [0.4, 0.5) is 0 Å². The van der Waals surface area contributed by atoms with Gasteiger partial charge in [0, 0.05) is 25.4 Å². The predicted octanol–water partition coefficient (Wildman–Crippen LogP) is -0.195. The summed E-state index contributed by atoms with van der Waals surface area (Å²) >= 11 is 0. The Morgan fingerprint density at radius 1 is 1.58 bits per heavy atom. The lowest BCUT2D eigenvalue weighted by Crippen LogP contribution is -2.25. The van der Waals surface area contributed by atoms with Crippen molar-refractivity contribution >= 4 is 0 Å². The van der Waals surface area contributed by atoms with Crippen LogP contribution < -0.4 is 5.56 Å². The minimum Gasteiger partial charge on any atom is -0.308 e. The molecule has 0 aliphatic carbocycles. The molecule has 1 rings (SSSR count). The molecule has 4 heteroatoms. The van der Waals surface area contributed by atoms with Gasteiger partial charge in [-0.25, -0.2) is 4.98 Å². The smallest absolute Gasteiger partial charge is 0.253 e. The molecule has 0 amide bonds. The topological polar surface area (TPSA) is 38.1 Å². The summed E-state index contributed by atoms with van der Waals surface area (Å²) in [5, 5.41) is 0. The first kappa shape index (κ1) is 8.93. The van der Waals surface area contributed by atoms with E-state index in [0.29, 0.717) is 6.54 Å². The zero-order valence-corrected chi connectivity index (χ0v) is 7.40. The molecular weight excluding hydrogens is 154 g/mol. The summed E-state index contributed by atoms with van der Waals surface area (Å²) in [5.41, 5.74) is 0.00634. The highest BCUT2D eigenvalue weighted by atomic mass is 16.1. The van der Waals surface area contributed by atoms with Crippen LogP contribution in [0, 0.1) is 0 Å². The van der Waals surface area contributed by atoms with Crippen LogP contribution in [-0.2, 0) is 6.54 Å². The minimum absolute atomic E-state index is 0.00634. The van der Waals surface area contributed by atoms with E-state index in [2.05, 4.69) is 4.98 Å². The third-order valence-corrected chi connectivity index (χ3v) is 1.58. The largest absolute Gasteiger partial charge is 0.308 e. The second-order valence-electron chi connectivity index (χ2n) is 2.92. The van der Waals surface area contributed by atoms with Crippen molar-refractivity contribution in [2.75, 3.05) is 20.6 Å². The van der Waals surface area contributed by atoms with Gasteiger partial charge in [-0.15, -0.1) is 0 Å². The number of hydrogen-bond donors (Lipinski definition) is 0. The molecule has 0 aliphatic rings. The monoisotopic (exact) mass is 167 g/mol. The lowest BCUT2D eigenvalue weighted by Gasteiger charge is -2.09. The first-order valence-corrected chi connectivity index (χ1v) is 3.85.